The van der Waals surface area contributed by atoms with Crippen LogP contribution in [0.3, 0.4) is 0 Å². The monoisotopic (exact) mass is 335 g/mol. The van der Waals surface area contributed by atoms with Gasteiger partial charge in [0.25, 0.3) is 11.4 Å². The summed E-state index contributed by atoms with van der Waals surface area (Å²) in [6.07, 6.45) is 3.63. The van der Waals surface area contributed by atoms with E-state index >= 15 is 0 Å². The molecular weight excluding hydrogens is 318 g/mol. The number of isocyanates is 1. The lowest BCUT2D eigenvalue weighted by Gasteiger charge is -2.39. The fourth-order valence-electron chi connectivity index (χ4n) is 3.38. The van der Waals surface area contributed by atoms with Gasteiger partial charge in [-0.1, -0.05) is 6.42 Å². The van der Waals surface area contributed by atoms with Crippen molar-refractivity contribution in [2.24, 2.45) is 4.99 Å². The van der Waals surface area contributed by atoms with E-state index in [2.05, 4.69) is 4.99 Å². The third-order valence-corrected chi connectivity index (χ3v) is 4.25. The molecule has 0 aromatic heterocycles. The summed E-state index contributed by atoms with van der Waals surface area (Å²) in [5, 5.41) is 22.8. The molecule has 24 heavy (non-hydrogen) atoms. The van der Waals surface area contributed by atoms with Crippen LogP contribution in [0, 0.1) is 20.2 Å². The molecule has 0 bridgehead atoms. The maximum atomic E-state index is 11.4. The Morgan fingerprint density at radius 3 is 2.42 bits per heavy atom. The highest BCUT2D eigenvalue weighted by Crippen LogP contribution is 2.49. The minimum absolute atomic E-state index is 0.0420. The summed E-state index contributed by atoms with van der Waals surface area (Å²) in [4.78, 5) is 36.2. The second kappa shape index (κ2) is 7.29. The van der Waals surface area contributed by atoms with Crippen LogP contribution in [-0.2, 0) is 9.53 Å². The van der Waals surface area contributed by atoms with Gasteiger partial charge in [0, 0.05) is 24.7 Å². The van der Waals surface area contributed by atoms with Gasteiger partial charge in [-0.3, -0.25) is 20.2 Å². The summed E-state index contributed by atoms with van der Waals surface area (Å²) < 4.78 is 5.67. The van der Waals surface area contributed by atoms with Crippen molar-refractivity contribution in [2.75, 3.05) is 6.61 Å². The zero-order chi connectivity index (χ0) is 17.7. The molecule has 0 radical (unpaired) electrons. The lowest BCUT2D eigenvalue weighted by molar-refractivity contribution is -0.396. The molecule has 0 aliphatic heterocycles. The van der Waals surface area contributed by atoms with Gasteiger partial charge in [-0.25, -0.2) is 4.79 Å². The number of hydrogen-bond donors (Lipinski definition) is 0. The van der Waals surface area contributed by atoms with Crippen LogP contribution in [0.2, 0.25) is 0 Å². The van der Waals surface area contributed by atoms with Crippen LogP contribution < -0.4 is 0 Å². The average Bonchev–Trinajstić information content (AvgIpc) is 2.55. The Labute approximate surface area is 137 Å². The summed E-state index contributed by atoms with van der Waals surface area (Å²) in [5.74, 6) is -0.755. The summed E-state index contributed by atoms with van der Waals surface area (Å²) >= 11 is 0. The first-order valence-electron chi connectivity index (χ1n) is 7.61. The van der Waals surface area contributed by atoms with E-state index in [0.717, 1.165) is 0 Å². The third kappa shape index (κ3) is 3.17. The first-order chi connectivity index (χ1) is 11.5. The van der Waals surface area contributed by atoms with Crippen LogP contribution >= 0.6 is 0 Å². The topological polar surface area (TPSA) is 125 Å². The predicted molar refractivity (Wildman–Crippen MR) is 83.4 cm³/mol. The van der Waals surface area contributed by atoms with E-state index in [-0.39, 0.29) is 23.5 Å². The minimum Gasteiger partial charge on any atom is -0.353 e. The first-order valence-corrected chi connectivity index (χ1v) is 7.61. The van der Waals surface area contributed by atoms with Crippen molar-refractivity contribution >= 4 is 17.5 Å². The van der Waals surface area contributed by atoms with Gasteiger partial charge in [-0.05, 0) is 32.3 Å². The van der Waals surface area contributed by atoms with Crippen molar-refractivity contribution in [3.05, 3.63) is 44.0 Å². The van der Waals surface area contributed by atoms with Gasteiger partial charge in [0.2, 0.25) is 6.08 Å². The Hall–Kier alpha value is -2.64. The van der Waals surface area contributed by atoms with Crippen LogP contribution in [0.4, 0.5) is 11.4 Å². The maximum absolute atomic E-state index is 11.4. The molecule has 2 rings (SSSR count). The van der Waals surface area contributed by atoms with E-state index in [1.54, 1.807) is 6.92 Å². The van der Waals surface area contributed by atoms with Crippen LogP contribution in [0.1, 0.15) is 44.1 Å². The fraction of sp³-hybridized carbons (Fsp3) is 0.533. The van der Waals surface area contributed by atoms with E-state index in [9.17, 15) is 25.0 Å². The van der Waals surface area contributed by atoms with Gasteiger partial charge < -0.3 is 4.74 Å². The number of aliphatic imine (C=N–C) groups is 1. The Balaban J connectivity index is 2.72. The van der Waals surface area contributed by atoms with E-state index < -0.39 is 21.5 Å². The Kier molecular flexibility index (Phi) is 5.38. The van der Waals surface area contributed by atoms with Crippen LogP contribution in [0.5, 0.6) is 0 Å². The largest absolute Gasteiger partial charge is 0.353 e. The molecule has 9 heteroatoms. The molecule has 9 nitrogen and oxygen atoms in total. The molecule has 1 saturated carbocycles. The molecule has 2 atom stereocenters. The Bertz CT molecular complexity index is 664. The van der Waals surface area contributed by atoms with E-state index in [4.69, 9.17) is 4.74 Å². The van der Waals surface area contributed by atoms with Crippen molar-refractivity contribution in [2.45, 2.75) is 44.2 Å². The van der Waals surface area contributed by atoms with Crippen molar-refractivity contribution in [3.8, 4) is 0 Å². The lowest BCUT2D eigenvalue weighted by atomic mass is 9.76. The Morgan fingerprint density at radius 2 is 1.92 bits per heavy atom. The number of nitro benzene ring substituents is 2. The SMILES string of the molecule is CCOC1(N=C=O)CCCCC1c1c([N+](=O)[O-])cccc1[N+](=O)[O-]. The average molecular weight is 335 g/mol. The molecule has 1 aliphatic carbocycles. The first kappa shape index (κ1) is 17.7. The smallest absolute Gasteiger partial charge is 0.279 e. The molecular formula is C15H17N3O6. The highest BCUT2D eigenvalue weighted by atomic mass is 16.6. The number of nitro groups is 2. The van der Waals surface area contributed by atoms with Gasteiger partial charge in [0.05, 0.1) is 9.85 Å². The summed E-state index contributed by atoms with van der Waals surface area (Å²) in [6.45, 7) is 1.93. The van der Waals surface area contributed by atoms with E-state index in [1.165, 1.54) is 24.3 Å². The van der Waals surface area contributed by atoms with E-state index in [0.29, 0.717) is 25.7 Å². The second-order valence-corrected chi connectivity index (χ2v) is 5.50. The summed E-state index contributed by atoms with van der Waals surface area (Å²) in [7, 11) is 0. The molecule has 0 heterocycles. The standard InChI is InChI=1S/C15H17N3O6/c1-2-24-15(16-10-19)9-4-3-6-11(15)14-12(17(20)21)7-5-8-13(14)18(22)23/h5,7-8,11H,2-4,6,9H2,1H3. The van der Waals surface area contributed by atoms with Crippen molar-refractivity contribution in [1.29, 1.82) is 0 Å². The molecule has 0 N–H and O–H groups in total. The zero-order valence-corrected chi connectivity index (χ0v) is 13.1. The number of benzene rings is 1. The second-order valence-electron chi connectivity index (χ2n) is 5.50. The van der Waals surface area contributed by atoms with E-state index in [1.807, 2.05) is 0 Å². The molecule has 1 aromatic rings. The fourth-order valence-corrected chi connectivity index (χ4v) is 3.38. The van der Waals surface area contributed by atoms with Crippen LogP contribution in [-0.4, -0.2) is 28.3 Å². The number of carbonyl (C=O) groups excluding carboxylic acids is 1. The molecule has 2 unspecified atom stereocenters. The minimum atomic E-state index is -1.36. The molecule has 1 fully saturated rings. The normalized spacial score (nSPS) is 23.3. The van der Waals surface area contributed by atoms with Crippen molar-refractivity contribution in [1.82, 2.24) is 0 Å². The van der Waals surface area contributed by atoms with Gasteiger partial charge in [0.15, 0.2) is 5.72 Å². The van der Waals surface area contributed by atoms with Crippen molar-refractivity contribution in [3.63, 3.8) is 0 Å². The van der Waals surface area contributed by atoms with Crippen LogP contribution in [0.25, 0.3) is 0 Å². The third-order valence-electron chi connectivity index (χ3n) is 4.25. The zero-order valence-electron chi connectivity index (χ0n) is 13.1. The Morgan fingerprint density at radius 1 is 1.29 bits per heavy atom. The molecule has 0 amide bonds. The highest BCUT2D eigenvalue weighted by Gasteiger charge is 2.48. The number of rotatable bonds is 6. The number of ether oxygens (including phenoxy) is 1. The molecule has 1 aromatic carbocycles. The molecule has 1 aliphatic rings. The summed E-state index contributed by atoms with van der Waals surface area (Å²) in [5.41, 5.74) is -2.12. The molecule has 128 valence electrons. The quantitative estimate of drug-likeness (QED) is 0.340. The van der Waals surface area contributed by atoms with Crippen molar-refractivity contribution < 1.29 is 19.4 Å². The highest BCUT2D eigenvalue weighted by molar-refractivity contribution is 5.57. The van der Waals surface area contributed by atoms with Crippen LogP contribution in [0.15, 0.2) is 23.2 Å². The molecule has 0 saturated heterocycles. The summed E-state index contributed by atoms with van der Waals surface area (Å²) in [6, 6.07) is 3.71. The van der Waals surface area contributed by atoms with Gasteiger partial charge in [-0.15, -0.1) is 0 Å². The van der Waals surface area contributed by atoms with Gasteiger partial charge >= 0.3 is 0 Å². The number of hydrogen-bond acceptors (Lipinski definition) is 7. The predicted octanol–water partition coefficient (Wildman–Crippen LogP) is 3.23. The number of nitrogens with zero attached hydrogens (tertiary/aromatic N) is 3. The lowest BCUT2D eigenvalue weighted by Crippen LogP contribution is -2.40. The molecule has 0 spiro atoms. The maximum Gasteiger partial charge on any atom is 0.279 e. The van der Waals surface area contributed by atoms with Gasteiger partial charge in [-0.2, -0.15) is 4.99 Å². The van der Waals surface area contributed by atoms with Gasteiger partial charge in [0.1, 0.15) is 5.56 Å².